The lowest BCUT2D eigenvalue weighted by molar-refractivity contribution is -0.0822. The summed E-state index contributed by atoms with van der Waals surface area (Å²) in [5.41, 5.74) is 1.47. The highest BCUT2D eigenvalue weighted by Gasteiger charge is 2.41. The molecule has 1 aliphatic rings. The summed E-state index contributed by atoms with van der Waals surface area (Å²) in [6.07, 6.45) is 5.70. The molecule has 2 N–H and O–H groups in total. The van der Waals surface area contributed by atoms with E-state index in [4.69, 9.17) is 0 Å². The molecule has 1 fully saturated rings. The summed E-state index contributed by atoms with van der Waals surface area (Å²) in [5.74, 6) is 0. The minimum atomic E-state index is -0.409. The van der Waals surface area contributed by atoms with Gasteiger partial charge < -0.3 is 10.2 Å². The van der Waals surface area contributed by atoms with Crippen LogP contribution in [0.4, 0.5) is 0 Å². The molecule has 2 rings (SSSR count). The standard InChI is InChI=1S/C15H25N3O2/c1-3-5-15(11-19)10-18(6-4-14(15)20)9-13-8-16-12(2)7-17-13/h7-8,14,19-20H,3-6,9-11H2,1-2H3/t14-,15-/m0/s1. The molecule has 0 aliphatic carbocycles. The van der Waals surface area contributed by atoms with Crippen LogP contribution in [-0.2, 0) is 6.54 Å². The van der Waals surface area contributed by atoms with E-state index in [1.54, 1.807) is 12.4 Å². The minimum Gasteiger partial charge on any atom is -0.396 e. The smallest absolute Gasteiger partial charge is 0.0727 e. The molecule has 0 aromatic carbocycles. The third-order valence-corrected chi connectivity index (χ3v) is 4.25. The van der Waals surface area contributed by atoms with Crippen molar-refractivity contribution in [2.24, 2.45) is 5.41 Å². The van der Waals surface area contributed by atoms with Crippen molar-refractivity contribution in [3.8, 4) is 0 Å². The molecule has 0 saturated carbocycles. The largest absolute Gasteiger partial charge is 0.396 e. The van der Waals surface area contributed by atoms with Crippen LogP contribution in [0.5, 0.6) is 0 Å². The fourth-order valence-corrected chi connectivity index (χ4v) is 3.08. The first-order valence-corrected chi connectivity index (χ1v) is 7.38. The van der Waals surface area contributed by atoms with Gasteiger partial charge in [0.1, 0.15) is 0 Å². The summed E-state index contributed by atoms with van der Waals surface area (Å²) in [4.78, 5) is 10.9. The summed E-state index contributed by atoms with van der Waals surface area (Å²) < 4.78 is 0. The Kier molecular flexibility index (Phi) is 5.07. The Hall–Kier alpha value is -1.04. The second-order valence-corrected chi connectivity index (χ2v) is 5.93. The molecule has 2 atom stereocenters. The highest BCUT2D eigenvalue weighted by atomic mass is 16.3. The molecule has 1 aliphatic heterocycles. The Morgan fingerprint density at radius 3 is 2.80 bits per heavy atom. The van der Waals surface area contributed by atoms with E-state index in [1.807, 2.05) is 6.92 Å². The van der Waals surface area contributed by atoms with E-state index < -0.39 is 6.10 Å². The van der Waals surface area contributed by atoms with Crippen LogP contribution in [0, 0.1) is 12.3 Å². The Morgan fingerprint density at radius 1 is 1.40 bits per heavy atom. The van der Waals surface area contributed by atoms with E-state index in [0.717, 1.165) is 37.3 Å². The number of hydrogen-bond donors (Lipinski definition) is 2. The van der Waals surface area contributed by atoms with Crippen molar-refractivity contribution in [2.45, 2.75) is 45.8 Å². The predicted molar refractivity (Wildman–Crippen MR) is 77.1 cm³/mol. The van der Waals surface area contributed by atoms with Crippen molar-refractivity contribution in [1.82, 2.24) is 14.9 Å². The van der Waals surface area contributed by atoms with Gasteiger partial charge >= 0.3 is 0 Å². The minimum absolute atomic E-state index is 0.0398. The Labute approximate surface area is 120 Å². The van der Waals surface area contributed by atoms with Crippen LogP contribution in [-0.4, -0.2) is 50.9 Å². The van der Waals surface area contributed by atoms with Crippen LogP contribution in [0.2, 0.25) is 0 Å². The molecular weight excluding hydrogens is 254 g/mol. The molecule has 0 spiro atoms. The number of aryl methyl sites for hydroxylation is 1. The zero-order valence-corrected chi connectivity index (χ0v) is 12.4. The van der Waals surface area contributed by atoms with Gasteiger partial charge in [0.25, 0.3) is 0 Å². The van der Waals surface area contributed by atoms with Crippen molar-refractivity contribution in [1.29, 1.82) is 0 Å². The number of likely N-dealkylation sites (tertiary alicyclic amines) is 1. The number of rotatable bonds is 5. The van der Waals surface area contributed by atoms with Crippen LogP contribution >= 0.6 is 0 Å². The molecule has 112 valence electrons. The van der Waals surface area contributed by atoms with E-state index in [2.05, 4.69) is 21.8 Å². The normalized spacial score (nSPS) is 27.7. The molecule has 1 aromatic heterocycles. The number of piperidine rings is 1. The number of aliphatic hydroxyl groups is 2. The van der Waals surface area contributed by atoms with Crippen LogP contribution in [0.25, 0.3) is 0 Å². The summed E-state index contributed by atoms with van der Waals surface area (Å²) >= 11 is 0. The lowest BCUT2D eigenvalue weighted by Gasteiger charge is -2.45. The lowest BCUT2D eigenvalue weighted by Crippen LogP contribution is -2.53. The molecule has 0 bridgehead atoms. The SMILES string of the molecule is CCC[C@@]1(CO)CN(Cc2cnc(C)cn2)CC[C@@H]1O. The van der Waals surface area contributed by atoms with Gasteiger partial charge in [-0.25, -0.2) is 0 Å². The molecule has 1 saturated heterocycles. The molecule has 5 heteroatoms. The zero-order valence-electron chi connectivity index (χ0n) is 12.4. The summed E-state index contributed by atoms with van der Waals surface area (Å²) in [7, 11) is 0. The lowest BCUT2D eigenvalue weighted by atomic mass is 9.74. The third kappa shape index (κ3) is 3.34. The third-order valence-electron chi connectivity index (χ3n) is 4.25. The zero-order chi connectivity index (χ0) is 14.6. The number of hydrogen-bond acceptors (Lipinski definition) is 5. The van der Waals surface area contributed by atoms with E-state index in [0.29, 0.717) is 13.0 Å². The van der Waals surface area contributed by atoms with E-state index in [1.165, 1.54) is 0 Å². The molecule has 20 heavy (non-hydrogen) atoms. The molecule has 1 aromatic rings. The van der Waals surface area contributed by atoms with Crippen molar-refractivity contribution in [2.75, 3.05) is 19.7 Å². The van der Waals surface area contributed by atoms with Crippen LogP contribution in [0.3, 0.4) is 0 Å². The second-order valence-electron chi connectivity index (χ2n) is 5.93. The van der Waals surface area contributed by atoms with Gasteiger partial charge in [-0.05, 0) is 19.8 Å². The predicted octanol–water partition coefficient (Wildman–Crippen LogP) is 1.13. The molecule has 0 unspecified atom stereocenters. The quantitative estimate of drug-likeness (QED) is 0.845. The Morgan fingerprint density at radius 2 is 2.20 bits per heavy atom. The maximum absolute atomic E-state index is 10.3. The van der Waals surface area contributed by atoms with Crippen molar-refractivity contribution in [3.63, 3.8) is 0 Å². The monoisotopic (exact) mass is 279 g/mol. The molecular formula is C15H25N3O2. The van der Waals surface area contributed by atoms with Gasteiger partial charge in [-0.2, -0.15) is 0 Å². The first-order valence-electron chi connectivity index (χ1n) is 7.38. The van der Waals surface area contributed by atoms with Gasteiger partial charge in [-0.1, -0.05) is 13.3 Å². The first-order chi connectivity index (χ1) is 9.59. The van der Waals surface area contributed by atoms with Gasteiger partial charge in [-0.15, -0.1) is 0 Å². The second kappa shape index (κ2) is 6.61. The van der Waals surface area contributed by atoms with Crippen molar-refractivity contribution in [3.05, 3.63) is 23.8 Å². The Bertz CT molecular complexity index is 424. The highest BCUT2D eigenvalue weighted by molar-refractivity contribution is 5.02. The highest BCUT2D eigenvalue weighted by Crippen LogP contribution is 2.35. The average Bonchev–Trinajstić information content (AvgIpc) is 2.45. The molecule has 0 radical (unpaired) electrons. The first kappa shape index (κ1) is 15.4. The van der Waals surface area contributed by atoms with Crippen LogP contribution < -0.4 is 0 Å². The fourth-order valence-electron chi connectivity index (χ4n) is 3.08. The van der Waals surface area contributed by atoms with Crippen LogP contribution in [0.1, 0.15) is 37.6 Å². The summed E-state index contributed by atoms with van der Waals surface area (Å²) in [6.45, 7) is 6.33. The van der Waals surface area contributed by atoms with Gasteiger partial charge in [0, 0.05) is 37.4 Å². The maximum atomic E-state index is 10.3. The van der Waals surface area contributed by atoms with Crippen LogP contribution in [0.15, 0.2) is 12.4 Å². The number of aliphatic hydroxyl groups excluding tert-OH is 2. The molecule has 5 nitrogen and oxygen atoms in total. The number of aromatic nitrogens is 2. The topological polar surface area (TPSA) is 69.5 Å². The number of nitrogens with zero attached hydrogens (tertiary/aromatic N) is 3. The van der Waals surface area contributed by atoms with Gasteiger partial charge in [0.05, 0.1) is 24.1 Å². The van der Waals surface area contributed by atoms with Crippen molar-refractivity contribution >= 4 is 0 Å². The average molecular weight is 279 g/mol. The molecule has 0 amide bonds. The van der Waals surface area contributed by atoms with Gasteiger partial charge in [0.15, 0.2) is 0 Å². The van der Waals surface area contributed by atoms with E-state index >= 15 is 0 Å². The molecule has 2 heterocycles. The Balaban J connectivity index is 2.04. The maximum Gasteiger partial charge on any atom is 0.0727 e. The van der Waals surface area contributed by atoms with Gasteiger partial charge in [-0.3, -0.25) is 14.9 Å². The van der Waals surface area contributed by atoms with E-state index in [9.17, 15) is 10.2 Å². The summed E-state index contributed by atoms with van der Waals surface area (Å²) in [5, 5.41) is 20.0. The van der Waals surface area contributed by atoms with E-state index in [-0.39, 0.29) is 12.0 Å². The fraction of sp³-hybridized carbons (Fsp3) is 0.733. The van der Waals surface area contributed by atoms with Gasteiger partial charge in [0.2, 0.25) is 0 Å². The summed E-state index contributed by atoms with van der Waals surface area (Å²) in [6, 6.07) is 0. The van der Waals surface area contributed by atoms with Crippen molar-refractivity contribution < 1.29 is 10.2 Å².